The van der Waals surface area contributed by atoms with Gasteiger partial charge in [-0.1, -0.05) is 30.3 Å². The van der Waals surface area contributed by atoms with Gasteiger partial charge in [0.1, 0.15) is 5.01 Å². The largest absolute Gasteiger partial charge is 0.333 e. The van der Waals surface area contributed by atoms with Gasteiger partial charge in [0.15, 0.2) is 0 Å². The lowest BCUT2D eigenvalue weighted by Crippen LogP contribution is -2.30. The van der Waals surface area contributed by atoms with Gasteiger partial charge < -0.3 is 4.90 Å². The van der Waals surface area contributed by atoms with Crippen LogP contribution in [0.15, 0.2) is 83.8 Å². The quantitative estimate of drug-likeness (QED) is 0.404. The molecule has 0 aliphatic heterocycles. The maximum atomic E-state index is 13.0. The number of aromatic nitrogens is 1. The zero-order valence-electron chi connectivity index (χ0n) is 18.0. The fourth-order valence-corrected chi connectivity index (χ4v) is 5.58. The maximum absolute atomic E-state index is 13.0. The Kier molecular flexibility index (Phi) is 5.99. The highest BCUT2D eigenvalue weighted by atomic mass is 32.2. The smallest absolute Gasteiger partial charge is 0.264 e. The van der Waals surface area contributed by atoms with Crippen LogP contribution in [0.25, 0.3) is 10.2 Å². The van der Waals surface area contributed by atoms with Crippen LogP contribution in [-0.4, -0.2) is 38.3 Å². The first-order valence-corrected chi connectivity index (χ1v) is 12.3. The van der Waals surface area contributed by atoms with Crippen LogP contribution in [0.3, 0.4) is 0 Å². The van der Waals surface area contributed by atoms with Gasteiger partial charge in [-0.05, 0) is 55.5 Å². The number of carbonyl (C=O) groups excluding carboxylic acids is 1. The molecule has 6 nitrogen and oxygen atoms in total. The number of amides is 1. The third kappa shape index (κ3) is 4.11. The Labute approximate surface area is 191 Å². The normalized spacial score (nSPS) is 12.5. The number of hydrogen-bond donors (Lipinski definition) is 0. The minimum Gasteiger partial charge on any atom is -0.333 e. The molecule has 0 spiro atoms. The van der Waals surface area contributed by atoms with Gasteiger partial charge in [0.2, 0.25) is 0 Å². The zero-order valence-corrected chi connectivity index (χ0v) is 19.6. The molecule has 0 aliphatic carbocycles. The number of fused-ring (bicyclic) bond motifs is 1. The number of rotatable bonds is 6. The first kappa shape index (κ1) is 22.0. The summed E-state index contributed by atoms with van der Waals surface area (Å²) in [5.41, 5.74) is 1.90. The summed E-state index contributed by atoms with van der Waals surface area (Å²) in [6, 6.07) is 22.6. The molecule has 1 atom stereocenters. The maximum Gasteiger partial charge on any atom is 0.264 e. The van der Waals surface area contributed by atoms with Crippen molar-refractivity contribution in [1.29, 1.82) is 0 Å². The molecule has 4 rings (SSSR count). The summed E-state index contributed by atoms with van der Waals surface area (Å²) in [5, 5.41) is 0.853. The summed E-state index contributed by atoms with van der Waals surface area (Å²) in [5.74, 6) is -0.197. The van der Waals surface area contributed by atoms with Crippen molar-refractivity contribution in [1.82, 2.24) is 9.88 Å². The predicted octanol–water partition coefficient (Wildman–Crippen LogP) is 4.95. The van der Waals surface area contributed by atoms with Gasteiger partial charge in [-0.3, -0.25) is 9.10 Å². The molecule has 3 aromatic carbocycles. The topological polar surface area (TPSA) is 70.6 Å². The van der Waals surface area contributed by atoms with Crippen molar-refractivity contribution in [2.75, 3.05) is 18.4 Å². The van der Waals surface area contributed by atoms with Crippen LogP contribution < -0.4 is 4.31 Å². The minimum atomic E-state index is -3.73. The van der Waals surface area contributed by atoms with Gasteiger partial charge in [0, 0.05) is 19.7 Å². The molecular weight excluding hydrogens is 442 g/mol. The fraction of sp³-hybridized carbons (Fsp3) is 0.167. The standard InChI is InChI=1S/C24H23N3O3S2/c1-17(23-25-21-11-7-8-12-22(21)31-23)26(2)24(28)18-13-15-20(16-14-18)32(29,30)27(3)19-9-5-4-6-10-19/h4-17H,1-3H3/t17-/m1/s1. The number of thiazole rings is 1. The molecule has 0 bridgehead atoms. The van der Waals surface area contributed by atoms with Gasteiger partial charge in [-0.15, -0.1) is 11.3 Å². The van der Waals surface area contributed by atoms with Gasteiger partial charge in [-0.2, -0.15) is 0 Å². The van der Waals surface area contributed by atoms with E-state index in [-0.39, 0.29) is 16.8 Å². The highest BCUT2D eigenvalue weighted by Gasteiger charge is 2.24. The number of anilines is 1. The first-order valence-electron chi connectivity index (χ1n) is 10.1. The van der Waals surface area contributed by atoms with Crippen LogP contribution in [0.2, 0.25) is 0 Å². The number of hydrogen-bond acceptors (Lipinski definition) is 5. The molecule has 8 heteroatoms. The molecule has 0 saturated heterocycles. The van der Waals surface area contributed by atoms with E-state index in [9.17, 15) is 13.2 Å². The van der Waals surface area contributed by atoms with E-state index >= 15 is 0 Å². The van der Waals surface area contributed by atoms with Crippen molar-refractivity contribution in [2.45, 2.75) is 17.9 Å². The average molecular weight is 466 g/mol. The molecule has 1 heterocycles. The number of benzene rings is 3. The molecule has 32 heavy (non-hydrogen) atoms. The first-order chi connectivity index (χ1) is 15.3. The van der Waals surface area contributed by atoms with Crippen molar-refractivity contribution in [3.63, 3.8) is 0 Å². The molecule has 0 saturated carbocycles. The van der Waals surface area contributed by atoms with E-state index in [4.69, 9.17) is 0 Å². The zero-order chi connectivity index (χ0) is 22.9. The van der Waals surface area contributed by atoms with E-state index in [1.807, 2.05) is 37.3 Å². The molecule has 0 fully saturated rings. The predicted molar refractivity (Wildman–Crippen MR) is 129 cm³/mol. The van der Waals surface area contributed by atoms with Gasteiger partial charge in [-0.25, -0.2) is 13.4 Å². The Morgan fingerprint density at radius 1 is 0.906 bits per heavy atom. The molecule has 1 aromatic heterocycles. The second-order valence-electron chi connectivity index (χ2n) is 7.44. The van der Waals surface area contributed by atoms with Crippen LogP contribution in [0.5, 0.6) is 0 Å². The van der Waals surface area contributed by atoms with Crippen LogP contribution >= 0.6 is 11.3 Å². The lowest BCUT2D eigenvalue weighted by molar-refractivity contribution is 0.0742. The second kappa shape index (κ2) is 8.72. The summed E-state index contributed by atoms with van der Waals surface area (Å²) in [6.45, 7) is 1.93. The van der Waals surface area contributed by atoms with Crippen LogP contribution in [0.1, 0.15) is 28.3 Å². The molecule has 1 amide bonds. The van der Waals surface area contributed by atoms with E-state index < -0.39 is 10.0 Å². The third-order valence-electron chi connectivity index (χ3n) is 5.45. The van der Waals surface area contributed by atoms with Crippen molar-refractivity contribution < 1.29 is 13.2 Å². The van der Waals surface area contributed by atoms with Crippen LogP contribution in [0, 0.1) is 0 Å². The monoisotopic (exact) mass is 465 g/mol. The van der Waals surface area contributed by atoms with Gasteiger partial charge in [0.25, 0.3) is 15.9 Å². The van der Waals surface area contributed by atoms with Crippen LogP contribution in [0.4, 0.5) is 5.69 Å². The number of carbonyl (C=O) groups is 1. The second-order valence-corrected chi connectivity index (χ2v) is 10.5. The summed E-state index contributed by atoms with van der Waals surface area (Å²) in [4.78, 5) is 19.4. The summed E-state index contributed by atoms with van der Waals surface area (Å²) in [7, 11) is -0.489. The molecule has 4 aromatic rings. The minimum absolute atomic E-state index is 0.127. The summed E-state index contributed by atoms with van der Waals surface area (Å²) < 4.78 is 28.2. The number of nitrogens with zero attached hydrogens (tertiary/aromatic N) is 3. The number of para-hydroxylation sites is 2. The fourth-order valence-electron chi connectivity index (χ4n) is 3.32. The third-order valence-corrected chi connectivity index (χ3v) is 8.46. The van der Waals surface area contributed by atoms with Crippen molar-refractivity contribution in [2.24, 2.45) is 0 Å². The molecule has 0 aliphatic rings. The lowest BCUT2D eigenvalue weighted by atomic mass is 10.2. The van der Waals surface area contributed by atoms with Crippen molar-refractivity contribution in [3.05, 3.63) is 89.4 Å². The Morgan fingerprint density at radius 3 is 2.19 bits per heavy atom. The molecule has 0 unspecified atom stereocenters. The highest BCUT2D eigenvalue weighted by Crippen LogP contribution is 2.30. The molecule has 164 valence electrons. The summed E-state index contributed by atoms with van der Waals surface area (Å²) in [6.07, 6.45) is 0. The summed E-state index contributed by atoms with van der Waals surface area (Å²) >= 11 is 1.56. The van der Waals surface area contributed by atoms with Crippen LogP contribution in [-0.2, 0) is 10.0 Å². The van der Waals surface area contributed by atoms with E-state index in [2.05, 4.69) is 4.98 Å². The van der Waals surface area contributed by atoms with E-state index in [1.165, 1.54) is 23.5 Å². The molecule has 0 radical (unpaired) electrons. The van der Waals surface area contributed by atoms with Gasteiger partial charge >= 0.3 is 0 Å². The SMILES string of the molecule is C[C@H](c1nc2ccccc2s1)N(C)C(=O)c1ccc(S(=O)(=O)N(C)c2ccccc2)cc1. The average Bonchev–Trinajstić information content (AvgIpc) is 3.27. The Hall–Kier alpha value is -3.23. The van der Waals surface area contributed by atoms with E-state index in [0.29, 0.717) is 11.3 Å². The number of sulfonamides is 1. The Bertz CT molecular complexity index is 1320. The van der Waals surface area contributed by atoms with Gasteiger partial charge in [0.05, 0.1) is 26.8 Å². The Morgan fingerprint density at radius 2 is 1.53 bits per heavy atom. The highest BCUT2D eigenvalue weighted by molar-refractivity contribution is 7.92. The lowest BCUT2D eigenvalue weighted by Gasteiger charge is -2.23. The van der Waals surface area contributed by atoms with Crippen molar-refractivity contribution >= 4 is 43.2 Å². The van der Waals surface area contributed by atoms with E-state index in [0.717, 1.165) is 15.2 Å². The molecular formula is C24H23N3O3S2. The van der Waals surface area contributed by atoms with Crippen molar-refractivity contribution in [3.8, 4) is 0 Å². The van der Waals surface area contributed by atoms with E-state index in [1.54, 1.807) is 59.7 Å². The Balaban J connectivity index is 1.53. The molecule has 0 N–H and O–H groups in total.